The number of hydrogen-bond donors (Lipinski definition) is 3. The quantitative estimate of drug-likeness (QED) is 0.298. The maximum atomic E-state index is 10.8. The second-order valence-corrected chi connectivity index (χ2v) is 8.75. The molecule has 16 heteroatoms. The van der Waals surface area contributed by atoms with Gasteiger partial charge in [0.15, 0.2) is 6.29 Å². The Kier molecular flexibility index (Phi) is 12.4. The van der Waals surface area contributed by atoms with Crippen LogP contribution in [0.15, 0.2) is 18.7 Å². The SMILES string of the molecule is CC.CC#N.[B]C1([B])C(Cn2cc(-c3ncnc(N)c3CC(OCC)OCC)cn2)C([B])(O)C([B])([B])C1([B])O. The van der Waals surface area contributed by atoms with E-state index in [1.165, 1.54) is 24.1 Å². The van der Waals surface area contributed by atoms with Crippen molar-refractivity contribution in [2.24, 2.45) is 5.92 Å². The van der Waals surface area contributed by atoms with Crippen molar-refractivity contribution >= 4 is 52.9 Å². The molecule has 3 unspecified atom stereocenters. The zero-order chi connectivity index (χ0) is 30.2. The largest absolute Gasteiger partial charge is 0.402 e. The molecule has 1 aliphatic rings. The van der Waals surface area contributed by atoms with Crippen molar-refractivity contribution in [2.45, 2.75) is 75.3 Å². The fraction of sp³-hybridized carbons (Fsp3) is 0.652. The van der Waals surface area contributed by atoms with Crippen molar-refractivity contribution in [3.8, 4) is 17.3 Å². The number of anilines is 1. The van der Waals surface area contributed by atoms with Gasteiger partial charge in [-0.15, -0.1) is 0 Å². The Morgan fingerprint density at radius 2 is 1.64 bits per heavy atom. The molecule has 3 rings (SSSR count). The van der Waals surface area contributed by atoms with Crippen LogP contribution in [0.2, 0.25) is 10.4 Å². The standard InChI is InChI=1S/C19H23B6N5O4.C2H3N.C2H6/c1-3-33-13(34-4-2)5-11-14(27-9-28-15(11)26)10-6-29-30(7-10)8-12-16(20,21)19(25,32)18(23,24)17(12,22)31;1-2-3;1-2/h6-7,9,12-13,31-32H,3-5,8H2,1-2H3,(H2,26,27,28);1H3;1-2H3. The average molecular weight is 521 g/mol. The molecule has 0 aliphatic heterocycles. The zero-order valence-corrected chi connectivity index (χ0v) is 23.2. The lowest BCUT2D eigenvalue weighted by atomic mass is 9.30. The van der Waals surface area contributed by atoms with Crippen molar-refractivity contribution in [1.82, 2.24) is 19.7 Å². The van der Waals surface area contributed by atoms with Gasteiger partial charge in [0, 0.05) is 61.4 Å². The summed E-state index contributed by atoms with van der Waals surface area (Å²) < 4.78 is 12.7. The number of hydrogen-bond acceptors (Lipinski definition) is 9. The zero-order valence-electron chi connectivity index (χ0n) is 23.2. The molecular weight excluding hydrogens is 489 g/mol. The first-order valence-corrected chi connectivity index (χ1v) is 12.5. The van der Waals surface area contributed by atoms with Crippen molar-refractivity contribution in [2.75, 3.05) is 18.9 Å². The highest BCUT2D eigenvalue weighted by Gasteiger charge is 2.68. The summed E-state index contributed by atoms with van der Waals surface area (Å²) in [5.74, 6) is -1.02. The highest BCUT2D eigenvalue weighted by atomic mass is 16.7. The predicted molar refractivity (Wildman–Crippen MR) is 154 cm³/mol. The van der Waals surface area contributed by atoms with Gasteiger partial charge in [-0.3, -0.25) is 4.68 Å². The fourth-order valence-corrected chi connectivity index (χ4v) is 4.22. The monoisotopic (exact) mass is 522 g/mol. The average Bonchev–Trinajstić information content (AvgIpc) is 3.35. The van der Waals surface area contributed by atoms with Gasteiger partial charge in [0.2, 0.25) is 0 Å². The molecule has 1 aliphatic carbocycles. The molecule has 10 nitrogen and oxygen atoms in total. The van der Waals surface area contributed by atoms with E-state index in [2.05, 4.69) is 15.1 Å². The van der Waals surface area contributed by atoms with Gasteiger partial charge >= 0.3 is 0 Å². The minimum Gasteiger partial charge on any atom is -0.402 e. The third-order valence-corrected chi connectivity index (χ3v) is 6.39. The van der Waals surface area contributed by atoms with Gasteiger partial charge < -0.3 is 25.4 Å². The van der Waals surface area contributed by atoms with Crippen LogP contribution in [-0.4, -0.2) is 108 Å². The second kappa shape index (κ2) is 13.9. The number of rotatable bonds is 9. The normalized spacial score (nSPS) is 24.6. The summed E-state index contributed by atoms with van der Waals surface area (Å²) in [6, 6.07) is 1.75. The molecule has 12 radical (unpaired) electrons. The Balaban J connectivity index is 0.00000142. The van der Waals surface area contributed by atoms with Crippen LogP contribution in [0.4, 0.5) is 5.82 Å². The maximum absolute atomic E-state index is 10.8. The van der Waals surface area contributed by atoms with E-state index in [9.17, 15) is 10.2 Å². The van der Waals surface area contributed by atoms with E-state index in [1.807, 2.05) is 27.7 Å². The Morgan fingerprint density at radius 1 is 1.10 bits per heavy atom. The number of aliphatic hydroxyl groups is 2. The number of nitrogen functional groups attached to an aromatic ring is 1. The van der Waals surface area contributed by atoms with Crippen LogP contribution in [0.25, 0.3) is 11.3 Å². The molecule has 2 aromatic heterocycles. The molecule has 39 heavy (non-hydrogen) atoms. The molecule has 0 amide bonds. The summed E-state index contributed by atoms with van der Waals surface area (Å²) in [7, 11) is 35.7. The molecular formula is C23H32B6N6O4. The van der Waals surface area contributed by atoms with Crippen molar-refractivity contribution < 1.29 is 19.7 Å². The van der Waals surface area contributed by atoms with Crippen molar-refractivity contribution in [1.29, 1.82) is 5.26 Å². The highest BCUT2D eigenvalue weighted by molar-refractivity contribution is 6.56. The first-order chi connectivity index (χ1) is 18.1. The Labute approximate surface area is 239 Å². The molecule has 4 N–H and O–H groups in total. The summed E-state index contributed by atoms with van der Waals surface area (Å²) in [5.41, 5.74) is 2.79. The van der Waals surface area contributed by atoms with Gasteiger partial charge in [0.05, 0.1) is 49.3 Å². The van der Waals surface area contributed by atoms with E-state index < -0.39 is 33.6 Å². The van der Waals surface area contributed by atoms with Crippen LogP contribution < -0.4 is 5.73 Å². The van der Waals surface area contributed by atoms with Crippen LogP contribution in [0.1, 0.15) is 40.2 Å². The summed E-state index contributed by atoms with van der Waals surface area (Å²) in [5, 5.41) is 28.5. The Hall–Kier alpha value is -2.19. The summed E-state index contributed by atoms with van der Waals surface area (Å²) in [6.45, 7) is 9.88. The minimum absolute atomic E-state index is 0.175. The Morgan fingerprint density at radius 3 is 2.10 bits per heavy atom. The van der Waals surface area contributed by atoms with Gasteiger partial charge in [0.1, 0.15) is 27.8 Å². The van der Waals surface area contributed by atoms with E-state index >= 15 is 0 Å². The van der Waals surface area contributed by atoms with E-state index in [1.54, 1.807) is 12.3 Å². The number of nitrogens with zero attached hydrogens (tertiary/aromatic N) is 5. The molecule has 196 valence electrons. The predicted octanol–water partition coefficient (Wildman–Crippen LogP) is -0.330. The van der Waals surface area contributed by atoms with E-state index in [0.717, 1.165) is 0 Å². The molecule has 2 aromatic rings. The van der Waals surface area contributed by atoms with Crippen LogP contribution >= 0.6 is 0 Å². The topological polar surface area (TPSA) is 152 Å². The molecule has 1 fully saturated rings. The lowest BCUT2D eigenvalue weighted by Crippen LogP contribution is -2.54. The minimum atomic E-state index is -2.59. The van der Waals surface area contributed by atoms with E-state index in [4.69, 9.17) is 67.5 Å². The molecule has 0 saturated heterocycles. The third-order valence-electron chi connectivity index (χ3n) is 6.39. The molecule has 0 bridgehead atoms. The lowest BCUT2D eigenvalue weighted by Gasteiger charge is -2.47. The first-order valence-electron chi connectivity index (χ1n) is 12.5. The number of nitriles is 1. The van der Waals surface area contributed by atoms with E-state index in [0.29, 0.717) is 36.5 Å². The van der Waals surface area contributed by atoms with Crippen LogP contribution in [0.5, 0.6) is 0 Å². The van der Waals surface area contributed by atoms with E-state index in [-0.39, 0.29) is 12.4 Å². The second-order valence-electron chi connectivity index (χ2n) is 8.75. The van der Waals surface area contributed by atoms with Gasteiger partial charge in [0.25, 0.3) is 0 Å². The molecule has 3 atom stereocenters. The summed E-state index contributed by atoms with van der Waals surface area (Å²) in [6.07, 6.45) is 4.22. The summed E-state index contributed by atoms with van der Waals surface area (Å²) >= 11 is 0. The molecule has 0 spiro atoms. The third kappa shape index (κ3) is 6.76. The van der Waals surface area contributed by atoms with Gasteiger partial charge in [-0.05, 0) is 19.8 Å². The molecule has 2 heterocycles. The van der Waals surface area contributed by atoms with Crippen LogP contribution in [0, 0.1) is 17.2 Å². The van der Waals surface area contributed by atoms with Crippen molar-refractivity contribution in [3.63, 3.8) is 0 Å². The molecule has 0 aromatic carbocycles. The smallest absolute Gasteiger partial charge is 0.161 e. The number of ether oxygens (including phenoxy) is 2. The fourth-order valence-electron chi connectivity index (χ4n) is 4.22. The van der Waals surface area contributed by atoms with Gasteiger partial charge in [-0.1, -0.05) is 24.3 Å². The van der Waals surface area contributed by atoms with Gasteiger partial charge in [-0.25, -0.2) is 9.97 Å². The summed E-state index contributed by atoms with van der Waals surface area (Å²) in [4.78, 5) is 8.43. The van der Waals surface area contributed by atoms with Gasteiger partial charge in [-0.2, -0.15) is 10.4 Å². The van der Waals surface area contributed by atoms with Crippen molar-refractivity contribution in [3.05, 3.63) is 24.3 Å². The number of nitrogens with two attached hydrogens (primary N) is 1. The van der Waals surface area contributed by atoms with Crippen LogP contribution in [0.3, 0.4) is 0 Å². The molecule has 1 saturated carbocycles. The number of aromatic nitrogens is 4. The lowest BCUT2D eigenvalue weighted by molar-refractivity contribution is -0.134. The highest BCUT2D eigenvalue weighted by Crippen LogP contribution is 2.65. The Bertz CT molecular complexity index is 1080. The maximum Gasteiger partial charge on any atom is 0.161 e. The van der Waals surface area contributed by atoms with Crippen LogP contribution in [-0.2, 0) is 22.4 Å². The first kappa shape index (κ1) is 34.8.